The Balaban J connectivity index is 0. The molecule has 0 aliphatic carbocycles. The van der Waals surface area contributed by atoms with E-state index in [-0.39, 0.29) is 0 Å². The van der Waals surface area contributed by atoms with Crippen molar-refractivity contribution in [1.82, 2.24) is 0 Å². The minimum absolute atomic E-state index is 0.901. The monoisotopic (exact) mass is 230 g/mol. The standard InChI is InChI=1S/C15H20.C2H6/c1-11(2)8-9-13(5)15(7)10-14(6)12(3)4;1-2/h8-10H,1,3,5,7H2,2,4,6H3;1-2H3/b9-8-,14-10-;. The normalized spacial score (nSPS) is 10.5. The molecule has 0 heteroatoms. The summed E-state index contributed by atoms with van der Waals surface area (Å²) in [7, 11) is 0. The Bertz CT molecular complexity index is 359. The van der Waals surface area contributed by atoms with Gasteiger partial charge >= 0.3 is 0 Å². The van der Waals surface area contributed by atoms with E-state index in [1.165, 1.54) is 0 Å². The van der Waals surface area contributed by atoms with Gasteiger partial charge < -0.3 is 0 Å². The average Bonchev–Trinajstić information content (AvgIpc) is 2.28. The average molecular weight is 230 g/mol. The molecule has 0 bridgehead atoms. The Morgan fingerprint density at radius 3 is 1.59 bits per heavy atom. The van der Waals surface area contributed by atoms with E-state index in [4.69, 9.17) is 0 Å². The maximum absolute atomic E-state index is 3.96. The molecule has 0 spiro atoms. The molecule has 0 N–H and O–H groups in total. The maximum atomic E-state index is 3.96. The lowest BCUT2D eigenvalue weighted by Crippen LogP contribution is -1.83. The van der Waals surface area contributed by atoms with E-state index in [9.17, 15) is 0 Å². The molecule has 0 saturated heterocycles. The predicted molar refractivity (Wildman–Crippen MR) is 82.2 cm³/mol. The van der Waals surface area contributed by atoms with E-state index in [0.717, 1.165) is 27.9 Å². The van der Waals surface area contributed by atoms with Crippen molar-refractivity contribution in [3.63, 3.8) is 0 Å². The minimum atomic E-state index is 0.901. The smallest absolute Gasteiger partial charge is 0.0259 e. The summed E-state index contributed by atoms with van der Waals surface area (Å²) in [5, 5.41) is 0. The van der Waals surface area contributed by atoms with Crippen LogP contribution >= 0.6 is 0 Å². The van der Waals surface area contributed by atoms with Crippen molar-refractivity contribution in [2.24, 2.45) is 0 Å². The van der Waals surface area contributed by atoms with Crippen molar-refractivity contribution in [3.8, 4) is 0 Å². The third-order valence-electron chi connectivity index (χ3n) is 2.05. The van der Waals surface area contributed by atoms with Crippen LogP contribution in [0.15, 0.2) is 72.4 Å². The van der Waals surface area contributed by atoms with Gasteiger partial charge in [-0.05, 0) is 37.5 Å². The van der Waals surface area contributed by atoms with Crippen LogP contribution < -0.4 is 0 Å². The van der Waals surface area contributed by atoms with E-state index < -0.39 is 0 Å². The van der Waals surface area contributed by atoms with Gasteiger partial charge in [-0.2, -0.15) is 0 Å². The van der Waals surface area contributed by atoms with Crippen LogP contribution in [0.4, 0.5) is 0 Å². The van der Waals surface area contributed by atoms with E-state index in [0.29, 0.717) is 0 Å². The first kappa shape index (κ1) is 17.8. The molecular weight excluding hydrogens is 204 g/mol. The van der Waals surface area contributed by atoms with Crippen molar-refractivity contribution in [2.75, 3.05) is 0 Å². The summed E-state index contributed by atoms with van der Waals surface area (Å²) in [5.74, 6) is 0. The van der Waals surface area contributed by atoms with Crippen LogP contribution in [0.2, 0.25) is 0 Å². The fraction of sp³-hybridized carbons (Fsp3) is 0.294. The number of hydrogen-bond acceptors (Lipinski definition) is 0. The van der Waals surface area contributed by atoms with Crippen LogP contribution in [0.25, 0.3) is 0 Å². The second-order valence-corrected chi connectivity index (χ2v) is 3.84. The highest BCUT2D eigenvalue weighted by molar-refractivity contribution is 5.47. The molecule has 94 valence electrons. The second kappa shape index (κ2) is 9.65. The van der Waals surface area contributed by atoms with Crippen LogP contribution in [0.1, 0.15) is 34.6 Å². The minimum Gasteiger partial charge on any atom is -0.0961 e. The molecule has 0 aromatic heterocycles. The third kappa shape index (κ3) is 9.37. The van der Waals surface area contributed by atoms with Gasteiger partial charge in [0.1, 0.15) is 0 Å². The highest BCUT2D eigenvalue weighted by Crippen LogP contribution is 2.15. The largest absolute Gasteiger partial charge is 0.0961 e. The zero-order valence-electron chi connectivity index (χ0n) is 12.1. The van der Waals surface area contributed by atoms with Crippen LogP contribution in [-0.2, 0) is 0 Å². The zero-order valence-corrected chi connectivity index (χ0v) is 12.1. The summed E-state index contributed by atoms with van der Waals surface area (Å²) in [4.78, 5) is 0. The molecule has 0 aliphatic heterocycles. The molecule has 0 aromatic rings. The van der Waals surface area contributed by atoms with Gasteiger partial charge in [-0.25, -0.2) is 0 Å². The molecule has 17 heavy (non-hydrogen) atoms. The Hall–Kier alpha value is -1.56. The molecule has 0 rings (SSSR count). The lowest BCUT2D eigenvalue weighted by Gasteiger charge is -2.03. The molecule has 0 heterocycles. The number of allylic oxidation sites excluding steroid dienone is 8. The van der Waals surface area contributed by atoms with Gasteiger partial charge in [0, 0.05) is 0 Å². The number of hydrogen-bond donors (Lipinski definition) is 0. The first-order chi connectivity index (χ1) is 7.84. The Kier molecular flexibility index (Phi) is 10.1. The van der Waals surface area contributed by atoms with Crippen molar-refractivity contribution in [3.05, 3.63) is 72.4 Å². The summed E-state index contributed by atoms with van der Waals surface area (Å²) >= 11 is 0. The van der Waals surface area contributed by atoms with Crippen molar-refractivity contribution < 1.29 is 0 Å². The first-order valence-corrected chi connectivity index (χ1v) is 5.90. The van der Waals surface area contributed by atoms with Crippen molar-refractivity contribution in [1.29, 1.82) is 0 Å². The van der Waals surface area contributed by atoms with E-state index in [2.05, 4.69) is 26.3 Å². The van der Waals surface area contributed by atoms with Crippen LogP contribution in [0.3, 0.4) is 0 Å². The molecule has 0 saturated carbocycles. The van der Waals surface area contributed by atoms with Gasteiger partial charge in [0.05, 0.1) is 0 Å². The van der Waals surface area contributed by atoms with Crippen molar-refractivity contribution >= 4 is 0 Å². The van der Waals surface area contributed by atoms with Gasteiger partial charge in [0.2, 0.25) is 0 Å². The van der Waals surface area contributed by atoms with Crippen LogP contribution in [0, 0.1) is 0 Å². The fourth-order valence-electron chi connectivity index (χ4n) is 0.827. The van der Waals surface area contributed by atoms with Gasteiger partial charge in [-0.1, -0.05) is 69.5 Å². The van der Waals surface area contributed by atoms with E-state index in [1.807, 2.05) is 52.8 Å². The summed E-state index contributed by atoms with van der Waals surface area (Å²) in [6.45, 7) is 25.5. The predicted octanol–water partition coefficient (Wildman–Crippen LogP) is 5.78. The van der Waals surface area contributed by atoms with Gasteiger partial charge in [0.15, 0.2) is 0 Å². The molecule has 0 radical (unpaired) electrons. The highest BCUT2D eigenvalue weighted by Gasteiger charge is 1.95. The fourth-order valence-corrected chi connectivity index (χ4v) is 0.827. The summed E-state index contributed by atoms with van der Waals surface area (Å²) in [6, 6.07) is 0. The van der Waals surface area contributed by atoms with Crippen LogP contribution in [-0.4, -0.2) is 0 Å². The Labute approximate surface area is 107 Å². The lowest BCUT2D eigenvalue weighted by molar-refractivity contribution is 1.35. The van der Waals surface area contributed by atoms with Gasteiger partial charge in [0.25, 0.3) is 0 Å². The SMILES string of the molecule is C=C(C)/C=C\C(=C)C(=C)/C=C(/C)C(=C)C.CC. The molecule has 0 fully saturated rings. The van der Waals surface area contributed by atoms with E-state index in [1.54, 1.807) is 0 Å². The Morgan fingerprint density at radius 2 is 1.24 bits per heavy atom. The molecule has 0 aliphatic rings. The molecular formula is C17H26. The second-order valence-electron chi connectivity index (χ2n) is 3.84. The molecule has 0 amide bonds. The topological polar surface area (TPSA) is 0 Å². The molecule has 0 aromatic carbocycles. The zero-order chi connectivity index (χ0) is 14.0. The van der Waals surface area contributed by atoms with Gasteiger partial charge in [-0.3, -0.25) is 0 Å². The van der Waals surface area contributed by atoms with Gasteiger partial charge in [-0.15, -0.1) is 0 Å². The molecule has 0 nitrogen and oxygen atoms in total. The number of rotatable bonds is 5. The lowest BCUT2D eigenvalue weighted by atomic mass is 10.0. The van der Waals surface area contributed by atoms with E-state index >= 15 is 0 Å². The third-order valence-corrected chi connectivity index (χ3v) is 2.05. The quantitative estimate of drug-likeness (QED) is 0.525. The summed E-state index contributed by atoms with van der Waals surface area (Å²) in [5.41, 5.74) is 4.99. The molecule has 0 atom stereocenters. The first-order valence-electron chi connectivity index (χ1n) is 5.90. The maximum Gasteiger partial charge on any atom is -0.0259 e. The Morgan fingerprint density at radius 1 is 0.765 bits per heavy atom. The van der Waals surface area contributed by atoms with Crippen LogP contribution in [0.5, 0.6) is 0 Å². The molecule has 0 unspecified atom stereocenters. The highest BCUT2D eigenvalue weighted by atomic mass is 14.0. The summed E-state index contributed by atoms with van der Waals surface area (Å²) in [6.07, 6.45) is 5.84. The summed E-state index contributed by atoms with van der Waals surface area (Å²) < 4.78 is 0. The van der Waals surface area contributed by atoms with Crippen molar-refractivity contribution in [2.45, 2.75) is 34.6 Å².